The second kappa shape index (κ2) is 6.41. The molecular formula is C15H22N2O3. The van der Waals surface area contributed by atoms with Gasteiger partial charge in [0.25, 0.3) is 5.91 Å². The highest BCUT2D eigenvalue weighted by Crippen LogP contribution is 2.21. The van der Waals surface area contributed by atoms with Crippen LogP contribution in [0, 0.1) is 6.92 Å². The molecule has 0 aliphatic carbocycles. The first-order valence-electron chi connectivity index (χ1n) is 6.46. The maximum Gasteiger partial charge on any atom is 0.258 e. The minimum atomic E-state index is -0.293. The van der Waals surface area contributed by atoms with Gasteiger partial charge in [-0.25, -0.2) is 0 Å². The molecule has 5 nitrogen and oxygen atoms in total. The molecule has 20 heavy (non-hydrogen) atoms. The molecule has 110 valence electrons. The van der Waals surface area contributed by atoms with Gasteiger partial charge >= 0.3 is 0 Å². The van der Waals surface area contributed by atoms with E-state index in [2.05, 4.69) is 10.5 Å². The third kappa shape index (κ3) is 4.91. The van der Waals surface area contributed by atoms with Crippen molar-refractivity contribution in [3.05, 3.63) is 29.3 Å². The topological polar surface area (TPSA) is 70.9 Å². The number of aryl methyl sites for hydroxylation is 1. The van der Waals surface area contributed by atoms with E-state index in [1.165, 1.54) is 0 Å². The Morgan fingerprint density at radius 2 is 2.05 bits per heavy atom. The molecule has 1 aromatic rings. The van der Waals surface area contributed by atoms with Gasteiger partial charge in [0.2, 0.25) is 0 Å². The van der Waals surface area contributed by atoms with Gasteiger partial charge in [-0.05, 0) is 52.3 Å². The average Bonchev–Trinajstić information content (AvgIpc) is 2.33. The molecule has 0 spiro atoms. The number of nitrogens with zero attached hydrogens (tertiary/aromatic N) is 1. The third-order valence-corrected chi connectivity index (χ3v) is 2.55. The van der Waals surface area contributed by atoms with E-state index in [1.54, 1.807) is 13.0 Å². The number of benzene rings is 1. The van der Waals surface area contributed by atoms with Crippen LogP contribution in [-0.4, -0.2) is 29.0 Å². The predicted molar refractivity (Wildman–Crippen MR) is 78.6 cm³/mol. The quantitative estimate of drug-likeness (QED) is 0.505. The number of oxime groups is 1. The van der Waals surface area contributed by atoms with Crippen molar-refractivity contribution in [3.63, 3.8) is 0 Å². The molecule has 0 aliphatic rings. The molecule has 2 N–H and O–H groups in total. The van der Waals surface area contributed by atoms with E-state index < -0.39 is 0 Å². The monoisotopic (exact) mass is 278 g/mol. The van der Waals surface area contributed by atoms with Crippen LogP contribution in [0.4, 0.5) is 0 Å². The second-order valence-electron chi connectivity index (χ2n) is 5.77. The van der Waals surface area contributed by atoms with Crippen LogP contribution in [0.2, 0.25) is 0 Å². The fourth-order valence-corrected chi connectivity index (χ4v) is 1.70. The Bertz CT molecular complexity index is 516. The van der Waals surface area contributed by atoms with Crippen LogP contribution in [0.15, 0.2) is 23.4 Å². The zero-order valence-electron chi connectivity index (χ0n) is 12.7. The summed E-state index contributed by atoms with van der Waals surface area (Å²) in [5.41, 5.74) is 1.82. The first kappa shape index (κ1) is 16.0. The molecule has 5 heteroatoms. The zero-order valence-corrected chi connectivity index (χ0v) is 12.7. The molecule has 0 fully saturated rings. The summed E-state index contributed by atoms with van der Waals surface area (Å²) >= 11 is 0. The minimum Gasteiger partial charge on any atom is -0.483 e. The first-order chi connectivity index (χ1) is 9.23. The van der Waals surface area contributed by atoms with Crippen LogP contribution >= 0.6 is 0 Å². The first-order valence-corrected chi connectivity index (χ1v) is 6.46. The standard InChI is InChI=1S/C15H22N2O3/c1-10-6-7-12(11(2)17-19)13(8-10)20-9-14(18)16-15(3,4)5/h6-8,19H,9H2,1-5H3,(H,16,18). The molecule has 0 saturated carbocycles. The fraction of sp³-hybridized carbons (Fsp3) is 0.467. The van der Waals surface area contributed by atoms with E-state index in [-0.39, 0.29) is 18.1 Å². The van der Waals surface area contributed by atoms with E-state index in [1.807, 2.05) is 39.8 Å². The summed E-state index contributed by atoms with van der Waals surface area (Å²) in [7, 11) is 0. The maximum atomic E-state index is 11.8. The summed E-state index contributed by atoms with van der Waals surface area (Å²) in [5, 5.41) is 14.9. The second-order valence-corrected chi connectivity index (χ2v) is 5.77. The molecule has 0 unspecified atom stereocenters. The van der Waals surface area contributed by atoms with Crippen LogP contribution in [-0.2, 0) is 4.79 Å². The SMILES string of the molecule is CC(=NO)c1ccc(C)cc1OCC(=O)NC(C)(C)C. The molecule has 1 amide bonds. The van der Waals surface area contributed by atoms with Gasteiger partial charge < -0.3 is 15.3 Å². The summed E-state index contributed by atoms with van der Waals surface area (Å²) in [6, 6.07) is 5.52. The van der Waals surface area contributed by atoms with Crippen LogP contribution in [0.3, 0.4) is 0 Å². The highest BCUT2D eigenvalue weighted by molar-refractivity contribution is 6.00. The summed E-state index contributed by atoms with van der Waals surface area (Å²) in [4.78, 5) is 11.8. The molecule has 0 bridgehead atoms. The molecule has 0 radical (unpaired) electrons. The third-order valence-electron chi connectivity index (χ3n) is 2.55. The summed E-state index contributed by atoms with van der Waals surface area (Å²) in [5.74, 6) is 0.341. The van der Waals surface area contributed by atoms with Crippen molar-refractivity contribution >= 4 is 11.6 Å². The van der Waals surface area contributed by atoms with Gasteiger partial charge in [0, 0.05) is 11.1 Å². The fourth-order valence-electron chi connectivity index (χ4n) is 1.70. The van der Waals surface area contributed by atoms with Crippen molar-refractivity contribution in [2.45, 2.75) is 40.2 Å². The van der Waals surface area contributed by atoms with Gasteiger partial charge in [-0.2, -0.15) is 0 Å². The lowest BCUT2D eigenvalue weighted by Crippen LogP contribution is -2.43. The van der Waals surface area contributed by atoms with Crippen molar-refractivity contribution in [2.75, 3.05) is 6.61 Å². The van der Waals surface area contributed by atoms with E-state index in [0.29, 0.717) is 17.0 Å². The van der Waals surface area contributed by atoms with E-state index >= 15 is 0 Å². The zero-order chi connectivity index (χ0) is 15.3. The number of amides is 1. The number of ether oxygens (including phenoxy) is 1. The molecule has 1 aromatic carbocycles. The van der Waals surface area contributed by atoms with Crippen molar-refractivity contribution < 1.29 is 14.7 Å². The van der Waals surface area contributed by atoms with Gasteiger partial charge in [-0.15, -0.1) is 0 Å². The smallest absolute Gasteiger partial charge is 0.258 e. The van der Waals surface area contributed by atoms with Gasteiger partial charge in [0.15, 0.2) is 6.61 Å². The lowest BCUT2D eigenvalue weighted by Gasteiger charge is -2.20. The Morgan fingerprint density at radius 1 is 1.40 bits per heavy atom. The van der Waals surface area contributed by atoms with Crippen LogP contribution in [0.25, 0.3) is 0 Å². The molecule has 0 saturated heterocycles. The Labute approximate surface area is 119 Å². The summed E-state index contributed by atoms with van der Waals surface area (Å²) in [6.45, 7) is 9.25. The number of hydrogen-bond acceptors (Lipinski definition) is 4. The van der Waals surface area contributed by atoms with E-state index in [9.17, 15) is 4.79 Å². The van der Waals surface area contributed by atoms with Crippen LogP contribution in [0.1, 0.15) is 38.8 Å². The average molecular weight is 278 g/mol. The number of nitrogens with one attached hydrogen (secondary N) is 1. The van der Waals surface area contributed by atoms with E-state index in [4.69, 9.17) is 9.94 Å². The summed E-state index contributed by atoms with van der Waals surface area (Å²) in [6.07, 6.45) is 0. The van der Waals surface area contributed by atoms with E-state index in [0.717, 1.165) is 5.56 Å². The molecule has 0 heterocycles. The highest BCUT2D eigenvalue weighted by Gasteiger charge is 2.15. The Morgan fingerprint density at radius 3 is 2.60 bits per heavy atom. The lowest BCUT2D eigenvalue weighted by atomic mass is 10.1. The molecule has 0 aliphatic heterocycles. The molecule has 1 rings (SSSR count). The van der Waals surface area contributed by atoms with Crippen LogP contribution < -0.4 is 10.1 Å². The molecule has 0 atom stereocenters. The van der Waals surface area contributed by atoms with Crippen molar-refractivity contribution in [1.29, 1.82) is 0 Å². The van der Waals surface area contributed by atoms with Crippen molar-refractivity contribution in [3.8, 4) is 5.75 Å². The number of rotatable bonds is 4. The largest absolute Gasteiger partial charge is 0.483 e. The Kier molecular flexibility index (Phi) is 5.13. The van der Waals surface area contributed by atoms with Gasteiger partial charge in [-0.3, -0.25) is 4.79 Å². The summed E-state index contributed by atoms with van der Waals surface area (Å²) < 4.78 is 5.54. The highest BCUT2D eigenvalue weighted by atomic mass is 16.5. The van der Waals surface area contributed by atoms with Crippen LogP contribution in [0.5, 0.6) is 5.75 Å². The lowest BCUT2D eigenvalue weighted by molar-refractivity contribution is -0.124. The van der Waals surface area contributed by atoms with Crippen molar-refractivity contribution in [1.82, 2.24) is 5.32 Å². The molecular weight excluding hydrogens is 256 g/mol. The van der Waals surface area contributed by atoms with Gasteiger partial charge in [0.05, 0.1) is 5.71 Å². The van der Waals surface area contributed by atoms with Gasteiger partial charge in [0.1, 0.15) is 5.75 Å². The van der Waals surface area contributed by atoms with Crippen molar-refractivity contribution in [2.24, 2.45) is 5.16 Å². The van der Waals surface area contributed by atoms with Gasteiger partial charge in [-0.1, -0.05) is 11.2 Å². The number of hydrogen-bond donors (Lipinski definition) is 2. The predicted octanol–water partition coefficient (Wildman–Crippen LogP) is 2.49. The number of carbonyl (C=O) groups excluding carboxylic acids is 1. The minimum absolute atomic E-state index is 0.0770. The normalized spacial score (nSPS) is 12.2. The number of carbonyl (C=O) groups is 1. The Hall–Kier alpha value is -2.04. The maximum absolute atomic E-state index is 11.8. The molecule has 0 aromatic heterocycles. The Balaban J connectivity index is 2.82.